The van der Waals surface area contributed by atoms with Crippen LogP contribution in [-0.2, 0) is 6.54 Å². The first-order chi connectivity index (χ1) is 18.9. The van der Waals surface area contributed by atoms with Crippen molar-refractivity contribution in [3.05, 3.63) is 90.6 Å². The molecule has 1 saturated heterocycles. The number of nitrogens with zero attached hydrogens (tertiary/aromatic N) is 4. The zero-order valence-corrected chi connectivity index (χ0v) is 20.8. The lowest BCUT2D eigenvalue weighted by atomic mass is 10.0. The molecule has 1 aliphatic heterocycles. The van der Waals surface area contributed by atoms with Gasteiger partial charge in [-0.1, -0.05) is 30.3 Å². The van der Waals surface area contributed by atoms with Crippen LogP contribution in [0.2, 0.25) is 0 Å². The van der Waals surface area contributed by atoms with Crippen LogP contribution in [0.25, 0.3) is 55.6 Å². The molecule has 4 aromatic heterocycles. The normalized spacial score (nSPS) is 15.5. The molecule has 0 unspecified atom stereocenters. The highest BCUT2D eigenvalue weighted by Crippen LogP contribution is 2.36. The summed E-state index contributed by atoms with van der Waals surface area (Å²) in [5.41, 5.74) is 6.90. The number of hydrogen-bond donors (Lipinski definition) is 2. The first kappa shape index (κ1) is 23.6. The van der Waals surface area contributed by atoms with E-state index in [4.69, 9.17) is 0 Å². The van der Waals surface area contributed by atoms with Gasteiger partial charge in [-0.3, -0.25) is 15.0 Å². The van der Waals surface area contributed by atoms with Crippen LogP contribution in [0.4, 0.5) is 13.2 Å². The number of halogens is 3. The molecule has 0 atom stereocenters. The Morgan fingerprint density at radius 3 is 2.59 bits per heavy atom. The second-order valence-corrected chi connectivity index (χ2v) is 10.0. The topological polar surface area (TPSA) is 73.5 Å². The summed E-state index contributed by atoms with van der Waals surface area (Å²) in [6, 6.07) is 18.5. The Morgan fingerprint density at radius 1 is 0.897 bits per heavy atom. The molecular formula is C30H23F3N6. The van der Waals surface area contributed by atoms with Crippen molar-refractivity contribution in [3.63, 3.8) is 0 Å². The molecule has 1 aliphatic rings. The Labute approximate surface area is 221 Å². The fourth-order valence-electron chi connectivity index (χ4n) is 5.40. The summed E-state index contributed by atoms with van der Waals surface area (Å²) in [6.07, 6.45) is 5.08. The number of rotatable bonds is 5. The van der Waals surface area contributed by atoms with Crippen molar-refractivity contribution in [2.24, 2.45) is 0 Å². The highest BCUT2D eigenvalue weighted by atomic mass is 19.3. The first-order valence-electron chi connectivity index (χ1n) is 12.7. The van der Waals surface area contributed by atoms with Crippen LogP contribution >= 0.6 is 0 Å². The lowest BCUT2D eigenvalue weighted by Crippen LogP contribution is -2.24. The van der Waals surface area contributed by atoms with Crippen LogP contribution < -0.4 is 0 Å². The van der Waals surface area contributed by atoms with Gasteiger partial charge >= 0.3 is 0 Å². The van der Waals surface area contributed by atoms with E-state index in [1.54, 1.807) is 35.6 Å². The monoisotopic (exact) mass is 524 g/mol. The van der Waals surface area contributed by atoms with Crippen LogP contribution in [0.5, 0.6) is 0 Å². The van der Waals surface area contributed by atoms with Crippen molar-refractivity contribution in [1.82, 2.24) is 30.0 Å². The van der Waals surface area contributed by atoms with E-state index >= 15 is 0 Å². The van der Waals surface area contributed by atoms with Crippen molar-refractivity contribution in [1.29, 1.82) is 0 Å². The molecule has 0 saturated carbocycles. The lowest BCUT2D eigenvalue weighted by Gasteiger charge is -2.15. The number of likely N-dealkylation sites (tertiary alicyclic amines) is 1. The number of fused-ring (bicyclic) bond motifs is 2. The fourth-order valence-corrected chi connectivity index (χ4v) is 5.40. The molecule has 0 bridgehead atoms. The third-order valence-corrected chi connectivity index (χ3v) is 7.29. The summed E-state index contributed by atoms with van der Waals surface area (Å²) < 4.78 is 41.9. The van der Waals surface area contributed by atoms with Crippen molar-refractivity contribution in [2.45, 2.75) is 18.9 Å². The summed E-state index contributed by atoms with van der Waals surface area (Å²) in [5.74, 6) is -2.90. The quantitative estimate of drug-likeness (QED) is 0.260. The Kier molecular flexibility index (Phi) is 5.48. The molecular weight excluding hydrogens is 501 g/mol. The molecule has 0 amide bonds. The molecule has 2 aromatic carbocycles. The van der Waals surface area contributed by atoms with E-state index in [-0.39, 0.29) is 18.8 Å². The van der Waals surface area contributed by atoms with Gasteiger partial charge < -0.3 is 4.98 Å². The van der Waals surface area contributed by atoms with Gasteiger partial charge in [0.15, 0.2) is 5.65 Å². The Bertz CT molecular complexity index is 1840. The van der Waals surface area contributed by atoms with Gasteiger partial charge in [-0.25, -0.2) is 18.2 Å². The smallest absolute Gasteiger partial charge is 0.261 e. The maximum Gasteiger partial charge on any atom is 0.261 e. The van der Waals surface area contributed by atoms with Crippen molar-refractivity contribution >= 4 is 21.9 Å². The minimum absolute atomic E-state index is 0.112. The fraction of sp³-hybridized carbons (Fsp3) is 0.167. The standard InChI is InChI=1S/C30H23F3N6/c31-25-6-2-1-4-22(25)21-5-3-7-26-23(21)12-27(36-26)28-24-11-20(15-35-29(24)38-37-28)19-10-18(13-34-14-19)16-39-9-8-30(32,33)17-39/h1-7,10-15,36H,8-9,16-17H2,(H,35,37,38). The van der Waals surface area contributed by atoms with Crippen molar-refractivity contribution in [2.75, 3.05) is 13.1 Å². The highest BCUT2D eigenvalue weighted by Gasteiger charge is 2.37. The minimum Gasteiger partial charge on any atom is -0.353 e. The highest BCUT2D eigenvalue weighted by molar-refractivity contribution is 6.01. The van der Waals surface area contributed by atoms with Gasteiger partial charge in [0.05, 0.1) is 17.9 Å². The minimum atomic E-state index is -2.63. The van der Waals surface area contributed by atoms with Gasteiger partial charge in [0.2, 0.25) is 0 Å². The number of alkyl halides is 2. The maximum absolute atomic E-state index is 14.6. The number of nitrogens with one attached hydrogen (secondary N) is 2. The predicted octanol–water partition coefficient (Wildman–Crippen LogP) is 6.82. The third-order valence-electron chi connectivity index (χ3n) is 7.29. The van der Waals surface area contributed by atoms with Crippen LogP contribution in [0.1, 0.15) is 12.0 Å². The lowest BCUT2D eigenvalue weighted by molar-refractivity contribution is 0.0115. The summed E-state index contributed by atoms with van der Waals surface area (Å²) >= 11 is 0. The largest absolute Gasteiger partial charge is 0.353 e. The van der Waals surface area contributed by atoms with E-state index in [9.17, 15) is 13.2 Å². The van der Waals surface area contributed by atoms with Crippen LogP contribution in [-0.4, -0.2) is 49.1 Å². The number of hydrogen-bond acceptors (Lipinski definition) is 4. The third kappa shape index (κ3) is 4.34. The van der Waals surface area contributed by atoms with E-state index in [1.165, 1.54) is 6.07 Å². The molecule has 5 heterocycles. The molecule has 1 fully saturated rings. The molecule has 39 heavy (non-hydrogen) atoms. The SMILES string of the molecule is Fc1ccccc1-c1cccc2[nH]c(-c3[nH]nc4ncc(-c5cncc(CN6CCC(F)(F)C6)c5)cc34)cc12. The summed E-state index contributed by atoms with van der Waals surface area (Å²) in [7, 11) is 0. The average molecular weight is 525 g/mol. The number of aromatic amines is 2. The average Bonchev–Trinajstić information content (AvgIpc) is 3.64. The van der Waals surface area contributed by atoms with Gasteiger partial charge in [0.25, 0.3) is 5.92 Å². The molecule has 0 radical (unpaired) electrons. The molecule has 0 aliphatic carbocycles. The Hall–Kier alpha value is -4.50. The summed E-state index contributed by atoms with van der Waals surface area (Å²) in [5, 5.41) is 9.19. The molecule has 0 spiro atoms. The first-order valence-corrected chi connectivity index (χ1v) is 12.7. The number of benzene rings is 2. The molecule has 7 rings (SSSR count). The van der Waals surface area contributed by atoms with E-state index in [2.05, 4.69) is 25.1 Å². The van der Waals surface area contributed by atoms with E-state index < -0.39 is 5.92 Å². The van der Waals surface area contributed by atoms with Gasteiger partial charge in [0.1, 0.15) is 5.82 Å². The van der Waals surface area contributed by atoms with E-state index in [0.717, 1.165) is 49.9 Å². The van der Waals surface area contributed by atoms with Crippen LogP contribution in [0.3, 0.4) is 0 Å². The van der Waals surface area contributed by atoms with Crippen molar-refractivity contribution in [3.8, 4) is 33.6 Å². The second-order valence-electron chi connectivity index (χ2n) is 10.0. The zero-order chi connectivity index (χ0) is 26.6. The van der Waals surface area contributed by atoms with E-state index in [0.29, 0.717) is 24.3 Å². The van der Waals surface area contributed by atoms with Crippen molar-refractivity contribution < 1.29 is 13.2 Å². The Morgan fingerprint density at radius 2 is 1.74 bits per heavy atom. The van der Waals surface area contributed by atoms with Gasteiger partial charge in [0, 0.05) is 71.1 Å². The Balaban J connectivity index is 1.25. The summed E-state index contributed by atoms with van der Waals surface area (Å²) in [4.78, 5) is 14.1. The van der Waals surface area contributed by atoms with E-state index in [1.807, 2.05) is 42.5 Å². The molecule has 9 heteroatoms. The van der Waals surface area contributed by atoms with Gasteiger partial charge in [-0.2, -0.15) is 5.10 Å². The molecule has 2 N–H and O–H groups in total. The van der Waals surface area contributed by atoms with Crippen LogP contribution in [0, 0.1) is 5.82 Å². The predicted molar refractivity (Wildman–Crippen MR) is 145 cm³/mol. The van der Waals surface area contributed by atoms with Gasteiger partial charge in [-0.05, 0) is 41.5 Å². The molecule has 6 aromatic rings. The maximum atomic E-state index is 14.6. The van der Waals surface area contributed by atoms with Gasteiger partial charge in [-0.15, -0.1) is 0 Å². The number of H-pyrrole nitrogens is 2. The molecule has 194 valence electrons. The zero-order valence-electron chi connectivity index (χ0n) is 20.8. The number of aromatic nitrogens is 5. The summed E-state index contributed by atoms with van der Waals surface area (Å²) in [6.45, 7) is 0.557. The van der Waals surface area contributed by atoms with Crippen LogP contribution in [0.15, 0.2) is 79.3 Å². The number of pyridine rings is 2. The second kappa shape index (κ2) is 9.06. The molecule has 6 nitrogen and oxygen atoms in total.